The Bertz CT molecular complexity index is 398. The lowest BCUT2D eigenvalue weighted by Crippen LogP contribution is -2.66. The number of hydrogen-bond donors (Lipinski definition) is 1. The van der Waals surface area contributed by atoms with Crippen LogP contribution in [0.15, 0.2) is 0 Å². The molecular formula is C15H24O5. The van der Waals surface area contributed by atoms with Gasteiger partial charge in [-0.3, -0.25) is 10.1 Å². The summed E-state index contributed by atoms with van der Waals surface area (Å²) in [6.07, 6.45) is 2.97. The molecule has 3 rings (SSSR count). The first kappa shape index (κ1) is 14.3. The van der Waals surface area contributed by atoms with E-state index in [2.05, 4.69) is 6.92 Å². The van der Waals surface area contributed by atoms with E-state index in [1.54, 1.807) is 0 Å². The van der Waals surface area contributed by atoms with Gasteiger partial charge in [0.25, 0.3) is 0 Å². The minimum Gasteiger partial charge on any atom is -0.432 e. The number of hydrogen-bond acceptors (Lipinski definition) is 5. The average molecular weight is 284 g/mol. The molecule has 2 aliphatic heterocycles. The summed E-state index contributed by atoms with van der Waals surface area (Å²) in [5, 5.41) is 9.74. The lowest BCUT2D eigenvalue weighted by Gasteiger charge is -2.55. The normalized spacial score (nSPS) is 51.9. The molecule has 0 aromatic rings. The standard InChI is InChI=1S/C15H24O5/c1-8-4-6-12-10(3)13(16)19-14-15(12,20-17)11(8)7-5-9(2)18-14/h8-12,14,17H,4-7H2,1-3H3/t8-,9+,10-,11+,12?,14+,15-/m1/s1. The highest BCUT2D eigenvalue weighted by Gasteiger charge is 2.65. The molecule has 1 unspecified atom stereocenters. The Hall–Kier alpha value is -0.650. The Kier molecular flexibility index (Phi) is 3.55. The molecule has 5 heteroatoms. The molecule has 1 aliphatic carbocycles. The van der Waals surface area contributed by atoms with Gasteiger partial charge < -0.3 is 9.47 Å². The molecule has 0 aromatic heterocycles. The van der Waals surface area contributed by atoms with Crippen molar-refractivity contribution in [3.63, 3.8) is 0 Å². The summed E-state index contributed by atoms with van der Waals surface area (Å²) in [6, 6.07) is 0. The van der Waals surface area contributed by atoms with E-state index >= 15 is 0 Å². The van der Waals surface area contributed by atoms with Crippen LogP contribution in [0.4, 0.5) is 0 Å². The largest absolute Gasteiger partial charge is 0.432 e. The summed E-state index contributed by atoms with van der Waals surface area (Å²) >= 11 is 0. The van der Waals surface area contributed by atoms with Gasteiger partial charge in [0.05, 0.1) is 12.0 Å². The van der Waals surface area contributed by atoms with Crippen LogP contribution >= 0.6 is 0 Å². The molecule has 1 N–H and O–H groups in total. The maximum absolute atomic E-state index is 12.1. The van der Waals surface area contributed by atoms with Crippen LogP contribution in [-0.4, -0.2) is 29.2 Å². The van der Waals surface area contributed by atoms with E-state index in [4.69, 9.17) is 14.4 Å². The van der Waals surface area contributed by atoms with Crippen molar-refractivity contribution in [3.8, 4) is 0 Å². The van der Waals surface area contributed by atoms with E-state index in [1.807, 2.05) is 13.8 Å². The Labute approximate surface area is 119 Å². The third-order valence-corrected chi connectivity index (χ3v) is 5.74. The van der Waals surface area contributed by atoms with Gasteiger partial charge in [0.15, 0.2) is 5.60 Å². The van der Waals surface area contributed by atoms with E-state index < -0.39 is 11.9 Å². The topological polar surface area (TPSA) is 65.0 Å². The zero-order valence-corrected chi connectivity index (χ0v) is 12.4. The summed E-state index contributed by atoms with van der Waals surface area (Å²) in [5.74, 6) is 0.0567. The van der Waals surface area contributed by atoms with Gasteiger partial charge in [-0.05, 0) is 38.5 Å². The number of ether oxygens (including phenoxy) is 2. The fourth-order valence-electron chi connectivity index (χ4n) is 4.56. The van der Waals surface area contributed by atoms with Crippen LogP contribution in [0, 0.1) is 23.7 Å². The highest BCUT2D eigenvalue weighted by molar-refractivity contribution is 5.74. The van der Waals surface area contributed by atoms with Crippen molar-refractivity contribution in [1.82, 2.24) is 0 Å². The smallest absolute Gasteiger partial charge is 0.311 e. The third kappa shape index (κ3) is 1.83. The van der Waals surface area contributed by atoms with E-state index in [0.717, 1.165) is 25.7 Å². The number of esters is 1. The van der Waals surface area contributed by atoms with Crippen molar-refractivity contribution < 1.29 is 24.4 Å². The maximum Gasteiger partial charge on any atom is 0.311 e. The van der Waals surface area contributed by atoms with Gasteiger partial charge in [0, 0.05) is 11.8 Å². The average Bonchev–Trinajstić information content (AvgIpc) is 2.56. The second-order valence-electron chi connectivity index (χ2n) is 6.79. The predicted octanol–water partition coefficient (Wildman–Crippen LogP) is 2.60. The van der Waals surface area contributed by atoms with Gasteiger partial charge >= 0.3 is 5.97 Å². The minimum atomic E-state index is -0.893. The molecule has 20 heavy (non-hydrogen) atoms. The van der Waals surface area contributed by atoms with Crippen molar-refractivity contribution in [2.45, 2.75) is 64.4 Å². The fraction of sp³-hybridized carbons (Fsp3) is 0.933. The van der Waals surface area contributed by atoms with Crippen LogP contribution in [0.2, 0.25) is 0 Å². The van der Waals surface area contributed by atoms with E-state index in [1.165, 1.54) is 0 Å². The Balaban J connectivity index is 2.07. The predicted molar refractivity (Wildman–Crippen MR) is 70.6 cm³/mol. The molecule has 0 bridgehead atoms. The van der Waals surface area contributed by atoms with Crippen LogP contribution in [0.5, 0.6) is 0 Å². The monoisotopic (exact) mass is 284 g/mol. The molecule has 114 valence electrons. The van der Waals surface area contributed by atoms with Gasteiger partial charge in [-0.2, -0.15) is 0 Å². The van der Waals surface area contributed by atoms with Crippen molar-refractivity contribution in [2.24, 2.45) is 23.7 Å². The second-order valence-corrected chi connectivity index (χ2v) is 6.79. The SMILES string of the molecule is C[C@@H]1CCC2[C@@H](C)C(=O)O[C@@H]3O[C@@H](C)CC[C@@H]1[C@@]23OO. The molecular weight excluding hydrogens is 260 g/mol. The number of rotatable bonds is 1. The number of carbonyl (C=O) groups is 1. The van der Waals surface area contributed by atoms with Crippen molar-refractivity contribution in [3.05, 3.63) is 0 Å². The number of carbonyl (C=O) groups excluding carboxylic acids is 1. The summed E-state index contributed by atoms with van der Waals surface area (Å²) in [7, 11) is 0. The van der Waals surface area contributed by atoms with E-state index in [-0.39, 0.29) is 29.8 Å². The first-order chi connectivity index (χ1) is 9.50. The molecule has 0 amide bonds. The maximum atomic E-state index is 12.1. The minimum absolute atomic E-state index is 0.00619. The first-order valence-electron chi connectivity index (χ1n) is 7.69. The van der Waals surface area contributed by atoms with Crippen molar-refractivity contribution in [1.29, 1.82) is 0 Å². The van der Waals surface area contributed by atoms with Crippen LogP contribution in [0.25, 0.3) is 0 Å². The quantitative estimate of drug-likeness (QED) is 0.455. The second kappa shape index (κ2) is 4.97. The molecule has 2 heterocycles. The van der Waals surface area contributed by atoms with Crippen molar-refractivity contribution in [2.75, 3.05) is 0 Å². The molecule has 0 spiro atoms. The van der Waals surface area contributed by atoms with Crippen LogP contribution in [0.1, 0.15) is 46.5 Å². The molecule has 7 atom stereocenters. The van der Waals surface area contributed by atoms with Crippen LogP contribution < -0.4 is 0 Å². The zero-order chi connectivity index (χ0) is 14.5. The summed E-state index contributed by atoms with van der Waals surface area (Å²) < 4.78 is 11.4. The Morgan fingerprint density at radius 2 is 1.85 bits per heavy atom. The van der Waals surface area contributed by atoms with Gasteiger partial charge in [-0.15, -0.1) is 0 Å². The van der Waals surface area contributed by atoms with Gasteiger partial charge in [-0.1, -0.05) is 13.8 Å². The molecule has 5 nitrogen and oxygen atoms in total. The van der Waals surface area contributed by atoms with Gasteiger partial charge in [0.2, 0.25) is 6.29 Å². The van der Waals surface area contributed by atoms with Crippen molar-refractivity contribution >= 4 is 5.97 Å². The molecule has 3 aliphatic rings. The Morgan fingerprint density at radius 1 is 1.15 bits per heavy atom. The fourth-order valence-corrected chi connectivity index (χ4v) is 4.56. The summed E-state index contributed by atoms with van der Waals surface area (Å²) in [5.41, 5.74) is -0.893. The van der Waals surface area contributed by atoms with E-state index in [0.29, 0.717) is 5.92 Å². The van der Waals surface area contributed by atoms with Crippen LogP contribution in [-0.2, 0) is 19.2 Å². The van der Waals surface area contributed by atoms with Gasteiger partial charge in [-0.25, -0.2) is 4.89 Å². The molecule has 2 saturated heterocycles. The molecule has 3 fully saturated rings. The summed E-state index contributed by atoms with van der Waals surface area (Å²) in [4.78, 5) is 17.1. The van der Waals surface area contributed by atoms with Gasteiger partial charge in [0.1, 0.15) is 0 Å². The lowest BCUT2D eigenvalue weighted by molar-refractivity contribution is -0.424. The van der Waals surface area contributed by atoms with Crippen LogP contribution in [0.3, 0.4) is 0 Å². The highest BCUT2D eigenvalue weighted by Crippen LogP contribution is 2.55. The first-order valence-corrected chi connectivity index (χ1v) is 7.69. The van der Waals surface area contributed by atoms with E-state index in [9.17, 15) is 10.1 Å². The molecule has 0 radical (unpaired) electrons. The Morgan fingerprint density at radius 3 is 2.55 bits per heavy atom. The zero-order valence-electron chi connectivity index (χ0n) is 12.4. The third-order valence-electron chi connectivity index (χ3n) is 5.74. The molecule has 1 saturated carbocycles. The lowest BCUT2D eigenvalue weighted by atomic mass is 9.58. The molecule has 0 aromatic carbocycles. The highest BCUT2D eigenvalue weighted by atomic mass is 17.1. The summed E-state index contributed by atoms with van der Waals surface area (Å²) in [6.45, 7) is 6.04.